The zero-order valence-electron chi connectivity index (χ0n) is 25.1. The van der Waals surface area contributed by atoms with Gasteiger partial charge in [0.1, 0.15) is 0 Å². The molecule has 2 aromatic carbocycles. The Labute approximate surface area is 242 Å². The first-order chi connectivity index (χ1) is 17.1. The molecule has 0 spiro atoms. The third-order valence-corrected chi connectivity index (χ3v) is 8.64. The molecule has 0 aliphatic carbocycles. The monoisotopic (exact) mass is 570 g/mol. The van der Waals surface area contributed by atoms with E-state index in [0.717, 1.165) is 55.4 Å². The maximum atomic E-state index is 5.68. The maximum Gasteiger partial charge on any atom is 1.00 e. The standard InChI is InChI=1S/C29H40N2O4.2ClH.H2O/c1-6-18-17-31-10-8-20-14-27(33-3)29(35-5)16-23(20)25(31)12-21(18)11-24-22-15-28(34-4)26(32-2)13-19(22)7-9-30-24;;;/h13-16,18,21,24-25,30H,6-12,17H2,1-5H3;2*1H;1H2/t18-,21-,24+,25-;;;/m0.../s1. The van der Waals surface area contributed by atoms with Gasteiger partial charge in [0, 0.05) is 25.2 Å². The minimum absolute atomic E-state index is 0. The van der Waals surface area contributed by atoms with Crippen molar-refractivity contribution < 1.29 is 52.1 Å². The fraction of sp³-hybridized carbons (Fsp3) is 0.586. The van der Waals surface area contributed by atoms with Gasteiger partial charge in [0.15, 0.2) is 23.0 Å². The Balaban J connectivity index is 0.00000304. The number of rotatable bonds is 7. The van der Waals surface area contributed by atoms with Gasteiger partial charge in [-0.15, -0.1) is 0 Å². The van der Waals surface area contributed by atoms with Crippen molar-refractivity contribution in [1.82, 2.24) is 10.2 Å². The number of halogens is 2. The molecule has 2 aromatic rings. The van der Waals surface area contributed by atoms with Crippen LogP contribution in [0.3, 0.4) is 0 Å². The van der Waals surface area contributed by atoms with Crippen molar-refractivity contribution in [2.75, 3.05) is 48.1 Å². The molecule has 0 radical (unpaired) electrons. The molecule has 0 aromatic heterocycles. The smallest absolute Gasteiger partial charge is 1.00 e. The summed E-state index contributed by atoms with van der Waals surface area (Å²) in [5.74, 6) is 4.69. The van der Waals surface area contributed by atoms with Crippen LogP contribution in [0.2, 0.25) is 0 Å². The molecule has 3 heterocycles. The van der Waals surface area contributed by atoms with E-state index in [1.54, 1.807) is 28.4 Å². The first-order valence-electron chi connectivity index (χ1n) is 13.1. The Bertz CT molecular complexity index is 1080. The molecule has 3 aliphatic rings. The lowest BCUT2D eigenvalue weighted by molar-refractivity contribution is -0.00100. The van der Waals surface area contributed by atoms with Gasteiger partial charge < -0.3 is 54.6 Å². The van der Waals surface area contributed by atoms with Gasteiger partial charge in [-0.2, -0.15) is 0 Å². The van der Waals surface area contributed by atoms with Gasteiger partial charge >= 0.3 is 2.85 Å². The molecule has 0 unspecified atom stereocenters. The van der Waals surface area contributed by atoms with Gasteiger partial charge in [-0.05, 0) is 90.6 Å². The molecule has 3 aliphatic heterocycles. The van der Waals surface area contributed by atoms with Crippen LogP contribution < -0.4 is 49.1 Å². The molecular weight excluding hydrogens is 527 g/mol. The Morgan fingerprint density at radius 2 is 1.37 bits per heavy atom. The van der Waals surface area contributed by atoms with Crippen molar-refractivity contribution in [2.24, 2.45) is 11.8 Å². The Morgan fingerprint density at radius 1 is 0.816 bits per heavy atom. The summed E-state index contributed by atoms with van der Waals surface area (Å²) in [6, 6.07) is 9.61. The topological polar surface area (TPSA) is 83.7 Å². The third kappa shape index (κ3) is 5.97. The lowest BCUT2D eigenvalue weighted by atomic mass is 9.72. The Hall–Kier alpha value is -1.90. The Morgan fingerprint density at radius 3 is 1.95 bits per heavy atom. The number of methoxy groups -OCH3 is 4. The van der Waals surface area contributed by atoms with E-state index in [4.69, 9.17) is 18.9 Å². The van der Waals surface area contributed by atoms with E-state index < -0.39 is 0 Å². The summed E-state index contributed by atoms with van der Waals surface area (Å²) in [6.45, 7) is 5.66. The van der Waals surface area contributed by atoms with Crippen molar-refractivity contribution in [3.63, 3.8) is 0 Å². The highest BCUT2D eigenvalue weighted by atomic mass is 35.5. The number of nitrogens with one attached hydrogen (secondary N) is 1. The zero-order valence-corrected chi connectivity index (χ0v) is 24.6. The average Bonchev–Trinajstić information content (AvgIpc) is 2.91. The average molecular weight is 572 g/mol. The minimum Gasteiger partial charge on any atom is -1.00 e. The first kappa shape index (κ1) is 32.3. The maximum absolute atomic E-state index is 5.68. The predicted molar refractivity (Wildman–Crippen MR) is 144 cm³/mol. The van der Waals surface area contributed by atoms with Crippen molar-refractivity contribution in [3.8, 4) is 23.0 Å². The van der Waals surface area contributed by atoms with E-state index >= 15 is 0 Å². The van der Waals surface area contributed by atoms with Gasteiger partial charge in [-0.1, -0.05) is 13.3 Å². The Kier molecular flexibility index (Phi) is 11.9. The molecule has 0 bridgehead atoms. The SMILES string of the molecule is CC[C@H]1CN2CCc3cc(OC)c(OC)cc3[C@@H]2C[C@@H]1C[C@H]1NCCc2cc(OC)c(OC)cc21.O.[Cl-].[Cl-].[H+].[H+]. The summed E-state index contributed by atoms with van der Waals surface area (Å²) in [5.41, 5.74) is 5.60. The quantitative estimate of drug-likeness (QED) is 0.429. The van der Waals surface area contributed by atoms with E-state index in [-0.39, 0.29) is 33.1 Å². The van der Waals surface area contributed by atoms with E-state index in [1.807, 2.05) is 0 Å². The zero-order chi connectivity index (χ0) is 24.5. The molecule has 9 heteroatoms. The van der Waals surface area contributed by atoms with Crippen molar-refractivity contribution in [3.05, 3.63) is 46.5 Å². The van der Waals surface area contributed by atoms with E-state index in [0.29, 0.717) is 23.9 Å². The number of nitrogens with zero attached hydrogens (tertiary/aromatic N) is 1. The predicted octanol–water partition coefficient (Wildman–Crippen LogP) is -1.65. The highest BCUT2D eigenvalue weighted by Gasteiger charge is 2.40. The van der Waals surface area contributed by atoms with Crippen molar-refractivity contribution in [1.29, 1.82) is 0 Å². The van der Waals surface area contributed by atoms with Gasteiger partial charge in [0.05, 0.1) is 28.4 Å². The lowest BCUT2D eigenvalue weighted by Crippen LogP contribution is -3.00. The van der Waals surface area contributed by atoms with E-state index in [1.165, 1.54) is 41.6 Å². The van der Waals surface area contributed by atoms with Gasteiger partial charge in [0.25, 0.3) is 0 Å². The van der Waals surface area contributed by atoms with Crippen LogP contribution in [0.1, 0.15) is 63.4 Å². The van der Waals surface area contributed by atoms with Crippen molar-refractivity contribution >= 4 is 0 Å². The summed E-state index contributed by atoms with van der Waals surface area (Å²) in [4.78, 5) is 2.72. The van der Waals surface area contributed by atoms with E-state index in [2.05, 4.69) is 41.4 Å². The van der Waals surface area contributed by atoms with Gasteiger partial charge in [-0.3, -0.25) is 4.90 Å². The molecule has 4 atom stereocenters. The lowest BCUT2D eigenvalue weighted by Gasteiger charge is -2.48. The molecule has 1 fully saturated rings. The second-order valence-electron chi connectivity index (χ2n) is 10.2. The summed E-state index contributed by atoms with van der Waals surface area (Å²) in [6.07, 6.45) is 5.65. The number of piperidine rings is 1. The highest BCUT2D eigenvalue weighted by Crippen LogP contribution is 2.48. The van der Waals surface area contributed by atoms with Crippen LogP contribution in [-0.2, 0) is 12.8 Å². The van der Waals surface area contributed by atoms with Crippen LogP contribution in [0.15, 0.2) is 24.3 Å². The summed E-state index contributed by atoms with van der Waals surface area (Å²) >= 11 is 0. The second kappa shape index (κ2) is 13.9. The second-order valence-corrected chi connectivity index (χ2v) is 10.2. The molecule has 5 rings (SSSR count). The number of ether oxygens (including phenoxy) is 4. The highest BCUT2D eigenvalue weighted by molar-refractivity contribution is 5.50. The molecule has 38 heavy (non-hydrogen) atoms. The summed E-state index contributed by atoms with van der Waals surface area (Å²) < 4.78 is 22.5. The van der Waals surface area contributed by atoms with Crippen LogP contribution in [-0.4, -0.2) is 58.4 Å². The van der Waals surface area contributed by atoms with Crippen LogP contribution in [0, 0.1) is 11.8 Å². The van der Waals surface area contributed by atoms with Crippen molar-refractivity contribution in [2.45, 2.75) is 51.1 Å². The molecular formula is C29H44Cl2N2O5. The van der Waals surface area contributed by atoms with Gasteiger partial charge in [0.2, 0.25) is 0 Å². The molecule has 7 nitrogen and oxygen atoms in total. The van der Waals surface area contributed by atoms with Gasteiger partial charge in [-0.25, -0.2) is 0 Å². The number of benzene rings is 2. The minimum atomic E-state index is 0. The molecule has 1 saturated heterocycles. The van der Waals surface area contributed by atoms with Crippen LogP contribution in [0.25, 0.3) is 0 Å². The molecule has 0 saturated carbocycles. The number of hydrogen-bond acceptors (Lipinski definition) is 6. The molecule has 3 N–H and O–H groups in total. The summed E-state index contributed by atoms with van der Waals surface area (Å²) in [5, 5.41) is 3.83. The fourth-order valence-corrected chi connectivity index (χ4v) is 6.74. The largest absolute Gasteiger partial charge is 1.00 e. The number of hydrogen-bond donors (Lipinski definition) is 1. The first-order valence-corrected chi connectivity index (χ1v) is 13.1. The fourth-order valence-electron chi connectivity index (χ4n) is 6.74. The van der Waals surface area contributed by atoms with Crippen LogP contribution in [0.4, 0.5) is 0 Å². The molecule has 214 valence electrons. The third-order valence-electron chi connectivity index (χ3n) is 8.64. The van der Waals surface area contributed by atoms with Crippen LogP contribution >= 0.6 is 0 Å². The molecule has 0 amide bonds. The number of fused-ring (bicyclic) bond motifs is 4. The normalized spacial score (nSPS) is 23.7. The van der Waals surface area contributed by atoms with Crippen LogP contribution in [0.5, 0.6) is 23.0 Å². The summed E-state index contributed by atoms with van der Waals surface area (Å²) in [7, 11) is 6.90. The van der Waals surface area contributed by atoms with E-state index in [9.17, 15) is 0 Å².